The molecule has 1 aromatic carbocycles. The lowest BCUT2D eigenvalue weighted by Crippen LogP contribution is -2.27. The summed E-state index contributed by atoms with van der Waals surface area (Å²) in [6.07, 6.45) is 6.38. The first-order chi connectivity index (χ1) is 11.0. The van der Waals surface area contributed by atoms with Crippen LogP contribution in [0.5, 0.6) is 0 Å². The molecular weight excluding hydrogens is 320 g/mol. The third-order valence-corrected chi connectivity index (χ3v) is 3.48. The Morgan fingerprint density at radius 1 is 1.13 bits per heavy atom. The molecule has 0 aromatic heterocycles. The van der Waals surface area contributed by atoms with Crippen LogP contribution in [-0.2, 0) is 19.1 Å². The zero-order chi connectivity index (χ0) is 17.0. The molecule has 23 heavy (non-hydrogen) atoms. The molecule has 0 amide bonds. The molecule has 0 saturated heterocycles. The predicted molar refractivity (Wildman–Crippen MR) is 87.7 cm³/mol. The van der Waals surface area contributed by atoms with Gasteiger partial charge in [0.25, 0.3) is 0 Å². The molecule has 0 radical (unpaired) electrons. The molecule has 7 heteroatoms. The number of nitrogens with zero attached hydrogens (tertiary/aromatic N) is 1. The van der Waals surface area contributed by atoms with E-state index < -0.39 is 11.9 Å². The van der Waals surface area contributed by atoms with Crippen LogP contribution in [-0.4, -0.2) is 26.2 Å². The quantitative estimate of drug-likeness (QED) is 0.675. The lowest BCUT2D eigenvalue weighted by atomic mass is 10.1. The van der Waals surface area contributed by atoms with Crippen molar-refractivity contribution < 1.29 is 19.1 Å². The van der Waals surface area contributed by atoms with Gasteiger partial charge in [0.2, 0.25) is 0 Å². The van der Waals surface area contributed by atoms with Gasteiger partial charge in [0.15, 0.2) is 0 Å². The molecule has 1 aromatic rings. The Bertz CT molecular complexity index is 738. The summed E-state index contributed by atoms with van der Waals surface area (Å²) in [5.74, 6) is -1.34. The van der Waals surface area contributed by atoms with Crippen LogP contribution in [0.2, 0.25) is 5.02 Å². The molecule has 2 N–H and O–H groups in total. The Balaban J connectivity index is 2.65. The number of nitrogen functional groups attached to an aromatic ring is 1. The molecule has 1 aliphatic heterocycles. The van der Waals surface area contributed by atoms with Crippen molar-refractivity contribution in [1.82, 2.24) is 0 Å². The minimum absolute atomic E-state index is 0.0187. The highest BCUT2D eigenvalue weighted by atomic mass is 35.5. The first-order valence-corrected chi connectivity index (χ1v) is 6.97. The molecule has 6 nitrogen and oxygen atoms in total. The Morgan fingerprint density at radius 3 is 2.43 bits per heavy atom. The van der Waals surface area contributed by atoms with Crippen molar-refractivity contribution >= 4 is 34.9 Å². The first kappa shape index (κ1) is 16.6. The second-order valence-electron chi connectivity index (χ2n) is 4.52. The van der Waals surface area contributed by atoms with Crippen molar-refractivity contribution in [3.63, 3.8) is 0 Å². The number of hydrogen-bond acceptors (Lipinski definition) is 6. The molecule has 120 valence electrons. The number of allylic oxidation sites excluding steroid dienone is 2. The van der Waals surface area contributed by atoms with E-state index in [1.165, 1.54) is 25.2 Å². The highest BCUT2D eigenvalue weighted by Crippen LogP contribution is 2.30. The van der Waals surface area contributed by atoms with Crippen LogP contribution in [0.15, 0.2) is 53.9 Å². The monoisotopic (exact) mass is 334 g/mol. The van der Waals surface area contributed by atoms with Crippen molar-refractivity contribution in [2.24, 2.45) is 0 Å². The number of ether oxygens (including phenoxy) is 2. The number of rotatable bonds is 3. The molecule has 0 atom stereocenters. The van der Waals surface area contributed by atoms with E-state index in [0.717, 1.165) is 0 Å². The topological polar surface area (TPSA) is 81.9 Å². The van der Waals surface area contributed by atoms with Crippen LogP contribution < -0.4 is 10.6 Å². The fourth-order valence-electron chi connectivity index (χ4n) is 2.03. The van der Waals surface area contributed by atoms with Gasteiger partial charge in [-0.1, -0.05) is 17.7 Å². The van der Waals surface area contributed by atoms with Gasteiger partial charge < -0.3 is 20.1 Å². The minimum atomic E-state index is -0.686. The summed E-state index contributed by atoms with van der Waals surface area (Å²) in [6.45, 7) is 0. The van der Waals surface area contributed by atoms with E-state index in [-0.39, 0.29) is 11.3 Å². The number of carbonyl (C=O) groups is 2. The zero-order valence-electron chi connectivity index (χ0n) is 12.6. The van der Waals surface area contributed by atoms with E-state index in [0.29, 0.717) is 16.4 Å². The summed E-state index contributed by atoms with van der Waals surface area (Å²) >= 11 is 6.05. The number of esters is 2. The summed E-state index contributed by atoms with van der Waals surface area (Å²) in [5, 5.41) is 0.330. The van der Waals surface area contributed by atoms with Gasteiger partial charge in [0.1, 0.15) is 5.70 Å². The van der Waals surface area contributed by atoms with Gasteiger partial charge in [-0.25, -0.2) is 9.59 Å². The maximum atomic E-state index is 12.2. The molecule has 0 aliphatic carbocycles. The predicted octanol–water partition coefficient (Wildman–Crippen LogP) is 2.41. The van der Waals surface area contributed by atoms with E-state index in [9.17, 15) is 9.59 Å². The highest BCUT2D eigenvalue weighted by Gasteiger charge is 2.27. The third-order valence-electron chi connectivity index (χ3n) is 3.15. The molecule has 2 rings (SSSR count). The van der Waals surface area contributed by atoms with E-state index in [1.54, 1.807) is 36.6 Å². The number of methoxy groups -OCH3 is 2. The van der Waals surface area contributed by atoms with E-state index in [1.807, 2.05) is 0 Å². The maximum Gasteiger partial charge on any atom is 0.355 e. The summed E-state index contributed by atoms with van der Waals surface area (Å²) in [5.41, 5.74) is 6.75. The van der Waals surface area contributed by atoms with Gasteiger partial charge in [0, 0.05) is 11.9 Å². The maximum absolute atomic E-state index is 12.2. The van der Waals surface area contributed by atoms with Crippen molar-refractivity contribution in [3.05, 3.63) is 58.9 Å². The lowest BCUT2D eigenvalue weighted by molar-refractivity contribution is -0.139. The summed E-state index contributed by atoms with van der Waals surface area (Å²) < 4.78 is 9.55. The van der Waals surface area contributed by atoms with Crippen molar-refractivity contribution in [1.29, 1.82) is 0 Å². The second kappa shape index (κ2) is 7.02. The van der Waals surface area contributed by atoms with Crippen LogP contribution in [0.25, 0.3) is 0 Å². The molecule has 0 saturated carbocycles. The number of hydrogen-bond donors (Lipinski definition) is 1. The van der Waals surface area contributed by atoms with E-state index in [2.05, 4.69) is 0 Å². The van der Waals surface area contributed by atoms with Gasteiger partial charge in [-0.3, -0.25) is 0 Å². The van der Waals surface area contributed by atoms with Gasteiger partial charge in [0.05, 0.1) is 30.5 Å². The summed E-state index contributed by atoms with van der Waals surface area (Å²) in [4.78, 5) is 25.7. The smallest absolute Gasteiger partial charge is 0.355 e. The van der Waals surface area contributed by atoms with Crippen LogP contribution in [0.3, 0.4) is 0 Å². The minimum Gasteiger partial charge on any atom is -0.465 e. The molecule has 0 unspecified atom stereocenters. The molecule has 0 fully saturated rings. The van der Waals surface area contributed by atoms with Crippen molar-refractivity contribution in [2.45, 2.75) is 0 Å². The largest absolute Gasteiger partial charge is 0.465 e. The average molecular weight is 335 g/mol. The SMILES string of the molecule is COC(=O)C1=C(C(=O)OC)N(c2ccc(N)c(Cl)c2)C=CC=C1. The first-order valence-electron chi connectivity index (χ1n) is 6.59. The van der Waals surface area contributed by atoms with Gasteiger partial charge in [-0.15, -0.1) is 0 Å². The molecular formula is C16H15ClN2O4. The summed E-state index contributed by atoms with van der Waals surface area (Å²) in [7, 11) is 2.47. The lowest BCUT2D eigenvalue weighted by Gasteiger charge is -2.23. The number of anilines is 2. The highest BCUT2D eigenvalue weighted by molar-refractivity contribution is 6.33. The molecule has 1 aliphatic rings. The molecule has 0 bridgehead atoms. The third kappa shape index (κ3) is 3.37. The number of nitrogens with two attached hydrogens (primary N) is 1. The molecule has 1 heterocycles. The standard InChI is InChI=1S/C16H15ClN2O4/c1-22-15(20)11-5-3-4-8-19(14(11)16(21)23-2)10-6-7-13(18)12(17)9-10/h3-9H,18H2,1-2H3. The van der Waals surface area contributed by atoms with Gasteiger partial charge in [-0.05, 0) is 30.4 Å². The number of benzene rings is 1. The fourth-order valence-corrected chi connectivity index (χ4v) is 2.21. The molecule has 0 spiro atoms. The Labute approximate surface area is 138 Å². The fraction of sp³-hybridized carbons (Fsp3) is 0.125. The normalized spacial score (nSPS) is 13.8. The summed E-state index contributed by atoms with van der Waals surface area (Å²) in [6, 6.07) is 4.87. The van der Waals surface area contributed by atoms with Gasteiger partial charge >= 0.3 is 11.9 Å². The van der Waals surface area contributed by atoms with Crippen LogP contribution >= 0.6 is 11.6 Å². The van der Waals surface area contributed by atoms with Crippen LogP contribution in [0.4, 0.5) is 11.4 Å². The van der Waals surface area contributed by atoms with Gasteiger partial charge in [-0.2, -0.15) is 0 Å². The van der Waals surface area contributed by atoms with E-state index >= 15 is 0 Å². The van der Waals surface area contributed by atoms with E-state index in [4.69, 9.17) is 26.8 Å². The second-order valence-corrected chi connectivity index (χ2v) is 4.93. The van der Waals surface area contributed by atoms with Crippen molar-refractivity contribution in [2.75, 3.05) is 24.9 Å². The van der Waals surface area contributed by atoms with Crippen molar-refractivity contribution in [3.8, 4) is 0 Å². The Hall–Kier alpha value is -2.73. The Kier molecular flexibility index (Phi) is 5.08. The Morgan fingerprint density at radius 2 is 1.83 bits per heavy atom. The average Bonchev–Trinajstić information content (AvgIpc) is 2.78. The van der Waals surface area contributed by atoms with Crippen LogP contribution in [0, 0.1) is 0 Å². The van der Waals surface area contributed by atoms with Crippen LogP contribution in [0.1, 0.15) is 0 Å². The number of halogens is 1. The number of carbonyl (C=O) groups excluding carboxylic acids is 2. The zero-order valence-corrected chi connectivity index (χ0v) is 13.3.